The van der Waals surface area contributed by atoms with E-state index < -0.39 is 0 Å². The Labute approximate surface area is 282 Å². The van der Waals surface area contributed by atoms with E-state index in [0.717, 1.165) is 19.4 Å². The summed E-state index contributed by atoms with van der Waals surface area (Å²) in [6.07, 6.45) is 4.18. The van der Waals surface area contributed by atoms with Crippen molar-refractivity contribution >= 4 is 5.57 Å². The molecule has 0 heterocycles. The van der Waals surface area contributed by atoms with Crippen molar-refractivity contribution in [2.75, 3.05) is 133 Å². The molecular formula is C37H57NO9. The monoisotopic (exact) mass is 659 g/mol. The van der Waals surface area contributed by atoms with E-state index in [9.17, 15) is 0 Å². The Bertz CT molecular complexity index is 1100. The molecule has 0 aliphatic heterocycles. The molecule has 0 spiro atoms. The number of rotatable bonds is 28. The van der Waals surface area contributed by atoms with Crippen molar-refractivity contribution in [3.63, 3.8) is 0 Å². The lowest BCUT2D eigenvalue weighted by molar-refractivity contribution is -0.0289. The third kappa shape index (κ3) is 16.6. The van der Waals surface area contributed by atoms with E-state index in [0.29, 0.717) is 106 Å². The SMILES string of the molecule is COCCOCCOCCOCCOCCOCCOCCOCCO[C@H]1Cc2ccccc2/C(=C\CCN(C)C)c2ccccc21. The molecule has 2 aromatic rings. The lowest BCUT2D eigenvalue weighted by Gasteiger charge is -2.19. The van der Waals surface area contributed by atoms with Crippen LogP contribution in [0.2, 0.25) is 0 Å². The van der Waals surface area contributed by atoms with E-state index >= 15 is 0 Å². The van der Waals surface area contributed by atoms with Crippen LogP contribution in [0.15, 0.2) is 54.6 Å². The molecule has 0 fully saturated rings. The average molecular weight is 660 g/mol. The molecule has 0 amide bonds. The molecular weight excluding hydrogens is 602 g/mol. The summed E-state index contributed by atoms with van der Waals surface area (Å²) in [4.78, 5) is 2.22. The van der Waals surface area contributed by atoms with Crippen molar-refractivity contribution < 1.29 is 42.6 Å². The number of fused-ring (bicyclic) bond motifs is 2. The van der Waals surface area contributed by atoms with Crippen molar-refractivity contribution in [1.82, 2.24) is 4.90 Å². The van der Waals surface area contributed by atoms with Crippen molar-refractivity contribution in [3.8, 4) is 0 Å². The van der Waals surface area contributed by atoms with E-state index in [1.165, 1.54) is 27.8 Å². The fraction of sp³-hybridized carbons (Fsp3) is 0.622. The normalized spacial score (nSPS) is 15.2. The molecule has 0 radical (unpaired) electrons. The van der Waals surface area contributed by atoms with Crippen molar-refractivity contribution in [1.29, 1.82) is 0 Å². The Morgan fingerprint density at radius 3 is 1.53 bits per heavy atom. The van der Waals surface area contributed by atoms with Gasteiger partial charge in [-0.05, 0) is 48.3 Å². The summed E-state index contributed by atoms with van der Waals surface area (Å²) in [6, 6.07) is 17.3. The molecule has 0 bridgehead atoms. The highest BCUT2D eigenvalue weighted by atomic mass is 16.6. The number of ether oxygens (including phenoxy) is 9. The van der Waals surface area contributed by atoms with Gasteiger partial charge in [0.25, 0.3) is 0 Å². The van der Waals surface area contributed by atoms with Gasteiger partial charge in [-0.1, -0.05) is 54.6 Å². The zero-order valence-electron chi connectivity index (χ0n) is 28.8. The lowest BCUT2D eigenvalue weighted by atomic mass is 9.93. The van der Waals surface area contributed by atoms with E-state index in [4.69, 9.17) is 42.6 Å². The zero-order chi connectivity index (χ0) is 33.2. The summed E-state index contributed by atoms with van der Waals surface area (Å²) in [5.74, 6) is 0. The predicted octanol–water partition coefficient (Wildman–Crippen LogP) is 4.45. The fourth-order valence-electron chi connectivity index (χ4n) is 5.09. The van der Waals surface area contributed by atoms with Gasteiger partial charge in [-0.15, -0.1) is 0 Å². The maximum absolute atomic E-state index is 6.43. The summed E-state index contributed by atoms with van der Waals surface area (Å²) in [7, 11) is 5.88. The van der Waals surface area contributed by atoms with Crippen LogP contribution in [-0.2, 0) is 49.1 Å². The predicted molar refractivity (Wildman–Crippen MR) is 183 cm³/mol. The van der Waals surface area contributed by atoms with Gasteiger partial charge in [-0.2, -0.15) is 0 Å². The highest BCUT2D eigenvalue weighted by Crippen LogP contribution is 2.39. The van der Waals surface area contributed by atoms with Gasteiger partial charge < -0.3 is 47.5 Å². The quantitative estimate of drug-likeness (QED) is 0.122. The molecule has 0 saturated heterocycles. The van der Waals surface area contributed by atoms with Gasteiger partial charge in [0.15, 0.2) is 0 Å². The molecule has 3 rings (SSSR count). The Hall–Kier alpha value is -2.22. The second kappa shape index (κ2) is 25.8. The van der Waals surface area contributed by atoms with E-state index in [1.54, 1.807) is 7.11 Å². The summed E-state index contributed by atoms with van der Waals surface area (Å²) >= 11 is 0. The minimum Gasteiger partial charge on any atom is -0.382 e. The van der Waals surface area contributed by atoms with E-state index in [1.807, 2.05) is 0 Å². The zero-order valence-corrected chi connectivity index (χ0v) is 28.8. The van der Waals surface area contributed by atoms with E-state index in [2.05, 4.69) is 73.6 Å². The number of hydrogen-bond donors (Lipinski definition) is 0. The van der Waals surface area contributed by atoms with Crippen LogP contribution in [0.5, 0.6) is 0 Å². The summed E-state index contributed by atoms with van der Waals surface area (Å²) < 4.78 is 50.1. The lowest BCUT2D eigenvalue weighted by Crippen LogP contribution is -2.15. The molecule has 10 nitrogen and oxygen atoms in total. The Kier molecular flexibility index (Phi) is 21.5. The van der Waals surface area contributed by atoms with Crippen LogP contribution in [-0.4, -0.2) is 138 Å². The molecule has 0 unspecified atom stereocenters. The molecule has 264 valence electrons. The van der Waals surface area contributed by atoms with Gasteiger partial charge >= 0.3 is 0 Å². The molecule has 0 saturated carbocycles. The number of hydrogen-bond acceptors (Lipinski definition) is 10. The molecule has 1 aliphatic carbocycles. The third-order valence-electron chi connectivity index (χ3n) is 7.45. The highest BCUT2D eigenvalue weighted by molar-refractivity contribution is 5.84. The Morgan fingerprint density at radius 1 is 0.574 bits per heavy atom. The summed E-state index contributed by atoms with van der Waals surface area (Å²) in [5.41, 5.74) is 6.41. The van der Waals surface area contributed by atoms with Gasteiger partial charge in [-0.25, -0.2) is 0 Å². The third-order valence-corrected chi connectivity index (χ3v) is 7.45. The average Bonchev–Trinajstić information content (AvgIpc) is 3.21. The minimum atomic E-state index is -0.0253. The Morgan fingerprint density at radius 2 is 1.02 bits per heavy atom. The van der Waals surface area contributed by atoms with Gasteiger partial charge in [0.05, 0.1) is 112 Å². The largest absolute Gasteiger partial charge is 0.382 e. The van der Waals surface area contributed by atoms with Crippen LogP contribution >= 0.6 is 0 Å². The number of benzene rings is 2. The molecule has 0 aromatic heterocycles. The molecule has 1 atom stereocenters. The second-order valence-electron chi connectivity index (χ2n) is 11.3. The van der Waals surface area contributed by atoms with Crippen LogP contribution in [0.1, 0.15) is 34.8 Å². The maximum Gasteiger partial charge on any atom is 0.0872 e. The van der Waals surface area contributed by atoms with Gasteiger partial charge in [0.1, 0.15) is 0 Å². The summed E-state index contributed by atoms with van der Waals surface area (Å²) in [6.45, 7) is 9.58. The topological polar surface area (TPSA) is 86.3 Å². The van der Waals surface area contributed by atoms with Crippen LogP contribution in [0.4, 0.5) is 0 Å². The number of nitrogens with zero attached hydrogens (tertiary/aromatic N) is 1. The molecule has 47 heavy (non-hydrogen) atoms. The second-order valence-corrected chi connectivity index (χ2v) is 11.3. The smallest absolute Gasteiger partial charge is 0.0872 e. The molecule has 1 aliphatic rings. The first kappa shape index (κ1) is 39.2. The van der Waals surface area contributed by atoms with Crippen molar-refractivity contribution in [2.45, 2.75) is 18.9 Å². The first-order chi connectivity index (χ1) is 23.2. The molecule has 10 heteroatoms. The van der Waals surface area contributed by atoms with Crippen LogP contribution in [0.3, 0.4) is 0 Å². The van der Waals surface area contributed by atoms with Crippen molar-refractivity contribution in [2.24, 2.45) is 0 Å². The molecule has 0 N–H and O–H groups in total. The van der Waals surface area contributed by atoms with Crippen molar-refractivity contribution in [3.05, 3.63) is 76.9 Å². The highest BCUT2D eigenvalue weighted by Gasteiger charge is 2.25. The van der Waals surface area contributed by atoms with Crippen LogP contribution in [0, 0.1) is 0 Å². The van der Waals surface area contributed by atoms with Gasteiger partial charge in [0, 0.05) is 20.1 Å². The van der Waals surface area contributed by atoms with Gasteiger partial charge in [-0.3, -0.25) is 0 Å². The Balaban J connectivity index is 1.18. The van der Waals surface area contributed by atoms with Crippen LogP contribution in [0.25, 0.3) is 5.57 Å². The van der Waals surface area contributed by atoms with E-state index in [-0.39, 0.29) is 6.10 Å². The number of methoxy groups -OCH3 is 1. The molecule has 2 aromatic carbocycles. The maximum atomic E-state index is 6.43. The van der Waals surface area contributed by atoms with Crippen LogP contribution < -0.4 is 0 Å². The first-order valence-electron chi connectivity index (χ1n) is 16.9. The summed E-state index contributed by atoms with van der Waals surface area (Å²) in [5, 5.41) is 0. The fourth-order valence-corrected chi connectivity index (χ4v) is 5.09. The van der Waals surface area contributed by atoms with Gasteiger partial charge in [0.2, 0.25) is 0 Å². The minimum absolute atomic E-state index is 0.0253. The standard InChI is InChI=1S/C37H57NO9/c1-38(2)14-8-13-34-33-10-5-4-9-32(33)31-37(36-12-7-6-11-35(34)36)47-30-29-46-28-27-45-26-25-44-24-23-43-22-21-42-20-19-41-18-17-40-16-15-39-3/h4-7,9-13,37H,8,14-31H2,1-3H3/b34-13+/t37-/m0/s1. The first-order valence-corrected chi connectivity index (χ1v) is 16.9.